The molecule has 0 aliphatic heterocycles. The van der Waals surface area contributed by atoms with Crippen molar-refractivity contribution in [3.05, 3.63) is 47.2 Å². The first-order valence-electron chi connectivity index (χ1n) is 6.04. The number of carbonyl (C=O) groups excluding carboxylic acids is 2. The highest BCUT2D eigenvalue weighted by Gasteiger charge is 2.13. The number of rotatable bonds is 3. The standard InChI is InChI=1S/C16H18O3/c1-12(9-10-15(18)19-16(2,3)4)14-8-6-5-7-13(14)11-17/h5-8,10-11H,1-4H3. The molecule has 0 aromatic heterocycles. The summed E-state index contributed by atoms with van der Waals surface area (Å²) in [4.78, 5) is 22.4. The highest BCUT2D eigenvalue weighted by molar-refractivity contribution is 5.87. The van der Waals surface area contributed by atoms with Crippen LogP contribution in [0, 0.1) is 0 Å². The molecule has 0 heterocycles. The normalized spacial score (nSPS) is 10.3. The molecule has 0 bridgehead atoms. The summed E-state index contributed by atoms with van der Waals surface area (Å²) >= 11 is 0. The van der Waals surface area contributed by atoms with E-state index in [1.165, 1.54) is 6.08 Å². The summed E-state index contributed by atoms with van der Waals surface area (Å²) < 4.78 is 5.14. The fraction of sp³-hybridized carbons (Fsp3) is 0.312. The van der Waals surface area contributed by atoms with Crippen LogP contribution < -0.4 is 0 Å². The van der Waals surface area contributed by atoms with Gasteiger partial charge in [0.25, 0.3) is 0 Å². The van der Waals surface area contributed by atoms with Crippen molar-refractivity contribution in [2.75, 3.05) is 0 Å². The Morgan fingerprint density at radius 2 is 1.89 bits per heavy atom. The van der Waals surface area contributed by atoms with Crippen molar-refractivity contribution in [2.45, 2.75) is 33.3 Å². The van der Waals surface area contributed by atoms with Gasteiger partial charge in [-0.25, -0.2) is 4.79 Å². The van der Waals surface area contributed by atoms with Crippen molar-refractivity contribution in [3.63, 3.8) is 0 Å². The van der Waals surface area contributed by atoms with Crippen LogP contribution in [-0.2, 0) is 9.53 Å². The second-order valence-electron chi connectivity index (χ2n) is 5.15. The maximum atomic E-state index is 11.5. The minimum atomic E-state index is -0.524. The molecule has 0 aliphatic rings. The first-order valence-corrected chi connectivity index (χ1v) is 6.04. The van der Waals surface area contributed by atoms with Gasteiger partial charge in [0, 0.05) is 5.56 Å². The Kier molecular flexibility index (Phi) is 4.85. The van der Waals surface area contributed by atoms with Crippen LogP contribution >= 0.6 is 0 Å². The van der Waals surface area contributed by atoms with Crippen molar-refractivity contribution in [1.82, 2.24) is 0 Å². The molecule has 19 heavy (non-hydrogen) atoms. The lowest BCUT2D eigenvalue weighted by molar-refractivity contribution is -0.148. The molecule has 0 amide bonds. The van der Waals surface area contributed by atoms with Crippen LogP contribution in [0.3, 0.4) is 0 Å². The molecule has 1 rings (SSSR count). The summed E-state index contributed by atoms with van der Waals surface area (Å²) in [5.74, 6) is -0.449. The van der Waals surface area contributed by atoms with Crippen LogP contribution in [0.4, 0.5) is 0 Å². The van der Waals surface area contributed by atoms with Crippen molar-refractivity contribution in [3.8, 4) is 0 Å². The molecule has 0 spiro atoms. The SMILES string of the molecule is CC(=C=CC(=O)OC(C)(C)C)c1ccccc1C=O. The lowest BCUT2D eigenvalue weighted by atomic mass is 10.0. The van der Waals surface area contributed by atoms with Gasteiger partial charge in [0.05, 0.1) is 6.08 Å². The van der Waals surface area contributed by atoms with E-state index in [0.717, 1.165) is 11.8 Å². The van der Waals surface area contributed by atoms with E-state index in [4.69, 9.17) is 4.74 Å². The largest absolute Gasteiger partial charge is 0.456 e. The molecular weight excluding hydrogens is 240 g/mol. The summed E-state index contributed by atoms with van der Waals surface area (Å²) in [5, 5.41) is 0. The van der Waals surface area contributed by atoms with Crippen LogP contribution in [0.15, 0.2) is 36.1 Å². The van der Waals surface area contributed by atoms with Gasteiger partial charge in [0.2, 0.25) is 0 Å². The smallest absolute Gasteiger partial charge is 0.339 e. The number of aldehydes is 1. The van der Waals surface area contributed by atoms with Gasteiger partial charge in [-0.05, 0) is 38.8 Å². The van der Waals surface area contributed by atoms with E-state index in [-0.39, 0.29) is 0 Å². The second-order valence-corrected chi connectivity index (χ2v) is 5.15. The van der Waals surface area contributed by atoms with Gasteiger partial charge >= 0.3 is 5.97 Å². The Bertz CT molecular complexity index is 541. The highest BCUT2D eigenvalue weighted by atomic mass is 16.6. The number of esters is 1. The predicted octanol–water partition coefficient (Wildman–Crippen LogP) is 3.40. The summed E-state index contributed by atoms with van der Waals surface area (Å²) in [6.07, 6.45) is 2.04. The number of hydrogen-bond acceptors (Lipinski definition) is 3. The zero-order valence-electron chi connectivity index (χ0n) is 11.7. The van der Waals surface area contributed by atoms with E-state index in [1.54, 1.807) is 39.8 Å². The first kappa shape index (κ1) is 14.9. The predicted molar refractivity (Wildman–Crippen MR) is 74.8 cm³/mol. The number of benzene rings is 1. The molecule has 1 aromatic carbocycles. The van der Waals surface area contributed by atoms with Crippen molar-refractivity contribution in [1.29, 1.82) is 0 Å². The Balaban J connectivity index is 2.99. The van der Waals surface area contributed by atoms with Gasteiger partial charge in [-0.2, -0.15) is 0 Å². The van der Waals surface area contributed by atoms with Gasteiger partial charge < -0.3 is 4.74 Å². The molecule has 0 atom stereocenters. The lowest BCUT2D eigenvalue weighted by Crippen LogP contribution is -2.22. The van der Waals surface area contributed by atoms with E-state index in [9.17, 15) is 9.59 Å². The van der Waals surface area contributed by atoms with E-state index >= 15 is 0 Å². The average Bonchev–Trinajstić information content (AvgIpc) is 2.33. The monoisotopic (exact) mass is 258 g/mol. The molecule has 0 radical (unpaired) electrons. The zero-order chi connectivity index (χ0) is 14.5. The summed E-state index contributed by atoms with van der Waals surface area (Å²) in [5.41, 5.74) is 4.38. The van der Waals surface area contributed by atoms with Crippen molar-refractivity contribution < 1.29 is 14.3 Å². The molecule has 1 aromatic rings. The molecule has 100 valence electrons. The van der Waals surface area contributed by atoms with Crippen molar-refractivity contribution in [2.24, 2.45) is 0 Å². The Morgan fingerprint density at radius 3 is 2.47 bits per heavy atom. The summed E-state index contributed by atoms with van der Waals surface area (Å²) in [6.45, 7) is 7.20. The van der Waals surface area contributed by atoms with Gasteiger partial charge in [0.15, 0.2) is 6.29 Å². The minimum absolute atomic E-state index is 0.449. The van der Waals surface area contributed by atoms with Crippen LogP contribution in [0.25, 0.3) is 5.57 Å². The molecule has 3 nitrogen and oxygen atoms in total. The molecule has 0 saturated carbocycles. The van der Waals surface area contributed by atoms with E-state index in [2.05, 4.69) is 5.73 Å². The molecule has 0 unspecified atom stereocenters. The zero-order valence-corrected chi connectivity index (χ0v) is 11.7. The maximum Gasteiger partial charge on any atom is 0.339 e. The van der Waals surface area contributed by atoms with Crippen LogP contribution in [0.1, 0.15) is 43.6 Å². The Labute approximate surface area is 113 Å². The van der Waals surface area contributed by atoms with Crippen LogP contribution in [0.5, 0.6) is 0 Å². The van der Waals surface area contributed by atoms with Crippen molar-refractivity contribution >= 4 is 17.8 Å². The third-order valence-corrected chi connectivity index (χ3v) is 2.31. The van der Waals surface area contributed by atoms with Crippen LogP contribution in [-0.4, -0.2) is 17.9 Å². The van der Waals surface area contributed by atoms with Gasteiger partial charge in [-0.1, -0.05) is 24.3 Å². The van der Waals surface area contributed by atoms with Gasteiger partial charge in [-0.15, -0.1) is 5.73 Å². The molecule has 0 N–H and O–H groups in total. The minimum Gasteiger partial charge on any atom is -0.456 e. The summed E-state index contributed by atoms with van der Waals surface area (Å²) in [7, 11) is 0. The highest BCUT2D eigenvalue weighted by Crippen LogP contribution is 2.16. The second kappa shape index (κ2) is 6.17. The Hall–Kier alpha value is -2.12. The van der Waals surface area contributed by atoms with Gasteiger partial charge in [-0.3, -0.25) is 4.79 Å². The fourth-order valence-corrected chi connectivity index (χ4v) is 1.52. The van der Waals surface area contributed by atoms with E-state index in [0.29, 0.717) is 11.1 Å². The average molecular weight is 258 g/mol. The number of hydrogen-bond donors (Lipinski definition) is 0. The molecule has 0 aliphatic carbocycles. The first-order chi connectivity index (χ1) is 8.83. The fourth-order valence-electron chi connectivity index (χ4n) is 1.52. The van der Waals surface area contributed by atoms with E-state index in [1.807, 2.05) is 12.1 Å². The van der Waals surface area contributed by atoms with Crippen LogP contribution in [0.2, 0.25) is 0 Å². The maximum absolute atomic E-state index is 11.5. The Morgan fingerprint density at radius 1 is 1.26 bits per heavy atom. The topological polar surface area (TPSA) is 43.4 Å². The summed E-state index contributed by atoms with van der Waals surface area (Å²) in [6, 6.07) is 7.16. The number of ether oxygens (including phenoxy) is 1. The lowest BCUT2D eigenvalue weighted by Gasteiger charge is -2.17. The van der Waals surface area contributed by atoms with E-state index < -0.39 is 11.6 Å². The molecule has 0 saturated heterocycles. The molecular formula is C16H18O3. The molecule has 0 fully saturated rings. The third-order valence-electron chi connectivity index (χ3n) is 2.31. The van der Waals surface area contributed by atoms with Gasteiger partial charge in [0.1, 0.15) is 5.60 Å². The number of carbonyl (C=O) groups is 2. The molecule has 3 heteroatoms. The quantitative estimate of drug-likeness (QED) is 0.361. The third kappa shape index (κ3) is 4.94.